The van der Waals surface area contributed by atoms with Gasteiger partial charge in [0.2, 0.25) is 0 Å². The molecule has 29 heavy (non-hydrogen) atoms. The number of carbonyl (C=O) groups excluding carboxylic acids is 2. The van der Waals surface area contributed by atoms with E-state index in [9.17, 15) is 9.59 Å². The van der Waals surface area contributed by atoms with Crippen molar-refractivity contribution in [3.8, 4) is 5.75 Å². The number of hydrogen-bond donors (Lipinski definition) is 2. The van der Waals surface area contributed by atoms with Crippen LogP contribution in [0.15, 0.2) is 42.5 Å². The minimum atomic E-state index is -0.690. The van der Waals surface area contributed by atoms with E-state index < -0.39 is 6.10 Å². The number of carbonyl (C=O) groups is 2. The van der Waals surface area contributed by atoms with Crippen LogP contribution in [0.4, 0.5) is 5.69 Å². The minimum absolute atomic E-state index is 0.143. The van der Waals surface area contributed by atoms with Gasteiger partial charge in [0.25, 0.3) is 11.8 Å². The fraction of sp³-hybridized carbons (Fsp3) is 0.417. The first-order chi connectivity index (χ1) is 13.9. The molecule has 2 N–H and O–H groups in total. The zero-order chi connectivity index (χ0) is 20.8. The predicted octanol–water partition coefficient (Wildman–Crippen LogP) is 4.77. The Labute approximate surface area is 172 Å². The van der Waals surface area contributed by atoms with Crippen LogP contribution >= 0.6 is 0 Å². The van der Waals surface area contributed by atoms with Crippen molar-refractivity contribution in [3.63, 3.8) is 0 Å². The molecule has 1 fully saturated rings. The van der Waals surface area contributed by atoms with Crippen molar-refractivity contribution in [2.75, 3.05) is 5.32 Å². The molecule has 0 spiro atoms. The highest BCUT2D eigenvalue weighted by Crippen LogP contribution is 2.22. The summed E-state index contributed by atoms with van der Waals surface area (Å²) < 4.78 is 5.87. The summed E-state index contributed by atoms with van der Waals surface area (Å²) in [5, 5.41) is 5.97. The van der Waals surface area contributed by atoms with Gasteiger partial charge in [0, 0.05) is 6.04 Å². The van der Waals surface area contributed by atoms with Gasteiger partial charge >= 0.3 is 0 Å². The van der Waals surface area contributed by atoms with E-state index in [0.29, 0.717) is 17.0 Å². The van der Waals surface area contributed by atoms with E-state index in [1.807, 2.05) is 44.2 Å². The normalized spacial score (nSPS) is 15.4. The summed E-state index contributed by atoms with van der Waals surface area (Å²) in [6, 6.07) is 13.2. The Morgan fingerprint density at radius 2 is 1.76 bits per heavy atom. The average molecular weight is 395 g/mol. The van der Waals surface area contributed by atoms with Gasteiger partial charge in [0.15, 0.2) is 6.10 Å². The monoisotopic (exact) mass is 394 g/mol. The molecule has 154 valence electrons. The first-order valence-electron chi connectivity index (χ1n) is 10.4. The third-order valence-corrected chi connectivity index (χ3v) is 5.39. The Bertz CT molecular complexity index is 872. The maximum absolute atomic E-state index is 12.8. The quantitative estimate of drug-likeness (QED) is 0.741. The molecule has 0 heterocycles. The first-order valence-corrected chi connectivity index (χ1v) is 10.4. The first kappa shape index (κ1) is 20.9. The fourth-order valence-electron chi connectivity index (χ4n) is 3.61. The second kappa shape index (κ2) is 9.59. The zero-order valence-electron chi connectivity index (χ0n) is 17.5. The van der Waals surface area contributed by atoms with E-state index in [0.717, 1.165) is 36.8 Å². The highest BCUT2D eigenvalue weighted by atomic mass is 16.5. The molecule has 1 saturated carbocycles. The molecule has 0 aliphatic heterocycles. The van der Waals surface area contributed by atoms with Gasteiger partial charge in [-0.1, -0.05) is 43.5 Å². The molecule has 0 aromatic heterocycles. The third kappa shape index (κ3) is 5.59. The molecule has 5 nitrogen and oxygen atoms in total. The van der Waals surface area contributed by atoms with Gasteiger partial charge < -0.3 is 15.4 Å². The predicted molar refractivity (Wildman–Crippen MR) is 115 cm³/mol. The van der Waals surface area contributed by atoms with E-state index in [4.69, 9.17) is 4.74 Å². The molecule has 1 aliphatic carbocycles. The number of hydrogen-bond acceptors (Lipinski definition) is 3. The van der Waals surface area contributed by atoms with Gasteiger partial charge in [-0.3, -0.25) is 9.59 Å². The molecule has 0 radical (unpaired) electrons. The third-order valence-electron chi connectivity index (χ3n) is 5.39. The van der Waals surface area contributed by atoms with Crippen LogP contribution in [0, 0.1) is 13.8 Å². The Morgan fingerprint density at radius 1 is 1.03 bits per heavy atom. The molecule has 2 aromatic rings. The largest absolute Gasteiger partial charge is 0.481 e. The molecule has 3 rings (SSSR count). The van der Waals surface area contributed by atoms with E-state index >= 15 is 0 Å². The molecule has 0 bridgehead atoms. The Balaban J connectivity index is 1.66. The SMILES string of the molecule is Cc1ccc(C)c(O[C@@H](C)C(=O)Nc2ccccc2C(=O)NC2CCCCC2)c1. The van der Waals surface area contributed by atoms with Crippen molar-refractivity contribution in [2.45, 2.75) is 65.0 Å². The highest BCUT2D eigenvalue weighted by molar-refractivity contribution is 6.04. The van der Waals surface area contributed by atoms with Gasteiger partial charge in [0.05, 0.1) is 11.3 Å². The highest BCUT2D eigenvalue weighted by Gasteiger charge is 2.21. The molecule has 2 amide bonds. The zero-order valence-corrected chi connectivity index (χ0v) is 17.5. The molecule has 0 unspecified atom stereocenters. The Kier molecular flexibility index (Phi) is 6.91. The number of ether oxygens (including phenoxy) is 1. The number of nitrogens with one attached hydrogen (secondary N) is 2. The summed E-state index contributed by atoms with van der Waals surface area (Å²) in [4.78, 5) is 25.5. The average Bonchev–Trinajstić information content (AvgIpc) is 2.71. The summed E-state index contributed by atoms with van der Waals surface area (Å²) in [5.74, 6) is 0.260. The number of para-hydroxylation sites is 1. The lowest BCUT2D eigenvalue weighted by Gasteiger charge is -2.23. The lowest BCUT2D eigenvalue weighted by Crippen LogP contribution is -2.37. The van der Waals surface area contributed by atoms with Gasteiger partial charge in [-0.25, -0.2) is 0 Å². The van der Waals surface area contributed by atoms with Crippen molar-refractivity contribution in [1.82, 2.24) is 5.32 Å². The van der Waals surface area contributed by atoms with Gasteiger partial charge in [0.1, 0.15) is 5.75 Å². The van der Waals surface area contributed by atoms with Gasteiger partial charge in [-0.15, -0.1) is 0 Å². The van der Waals surface area contributed by atoms with Crippen LogP contribution in [-0.2, 0) is 4.79 Å². The lowest BCUT2D eigenvalue weighted by molar-refractivity contribution is -0.122. The van der Waals surface area contributed by atoms with Crippen LogP contribution < -0.4 is 15.4 Å². The summed E-state index contributed by atoms with van der Waals surface area (Å²) >= 11 is 0. The minimum Gasteiger partial charge on any atom is -0.481 e. The van der Waals surface area contributed by atoms with Crippen LogP contribution in [0.2, 0.25) is 0 Å². The van der Waals surface area contributed by atoms with E-state index in [1.54, 1.807) is 19.1 Å². The van der Waals surface area contributed by atoms with Gasteiger partial charge in [-0.2, -0.15) is 0 Å². The van der Waals surface area contributed by atoms with Crippen molar-refractivity contribution in [2.24, 2.45) is 0 Å². The van der Waals surface area contributed by atoms with Crippen LogP contribution in [-0.4, -0.2) is 24.0 Å². The maximum atomic E-state index is 12.8. The number of aryl methyl sites for hydroxylation is 2. The topological polar surface area (TPSA) is 67.4 Å². The number of amides is 2. The Hall–Kier alpha value is -2.82. The van der Waals surface area contributed by atoms with E-state index in [-0.39, 0.29) is 17.9 Å². The van der Waals surface area contributed by atoms with E-state index in [2.05, 4.69) is 10.6 Å². The number of benzene rings is 2. The van der Waals surface area contributed by atoms with Crippen molar-refractivity contribution >= 4 is 17.5 Å². The Morgan fingerprint density at radius 3 is 2.52 bits per heavy atom. The number of anilines is 1. The van der Waals surface area contributed by atoms with Crippen molar-refractivity contribution in [1.29, 1.82) is 0 Å². The molecule has 1 aliphatic rings. The summed E-state index contributed by atoms with van der Waals surface area (Å²) in [5.41, 5.74) is 3.03. The van der Waals surface area contributed by atoms with Crippen LogP contribution in [0.25, 0.3) is 0 Å². The van der Waals surface area contributed by atoms with Crippen LogP contribution in [0.1, 0.15) is 60.5 Å². The van der Waals surface area contributed by atoms with Crippen LogP contribution in [0.5, 0.6) is 5.75 Å². The van der Waals surface area contributed by atoms with Gasteiger partial charge in [-0.05, 0) is 62.9 Å². The molecule has 0 saturated heterocycles. The molecule has 2 aromatic carbocycles. The fourth-order valence-corrected chi connectivity index (χ4v) is 3.61. The lowest BCUT2D eigenvalue weighted by atomic mass is 9.95. The molecule has 5 heteroatoms. The summed E-state index contributed by atoms with van der Waals surface area (Å²) in [7, 11) is 0. The second-order valence-corrected chi connectivity index (χ2v) is 7.87. The van der Waals surface area contributed by atoms with Crippen LogP contribution in [0.3, 0.4) is 0 Å². The summed E-state index contributed by atoms with van der Waals surface area (Å²) in [6.07, 6.45) is 4.87. The van der Waals surface area contributed by atoms with Crippen molar-refractivity contribution < 1.29 is 14.3 Å². The van der Waals surface area contributed by atoms with Crippen molar-refractivity contribution in [3.05, 3.63) is 59.2 Å². The van der Waals surface area contributed by atoms with E-state index in [1.165, 1.54) is 6.42 Å². The maximum Gasteiger partial charge on any atom is 0.265 e. The molecule has 1 atom stereocenters. The number of rotatable bonds is 6. The smallest absolute Gasteiger partial charge is 0.265 e. The standard InChI is InChI=1S/C24H30N2O3/c1-16-13-14-17(2)22(15-16)29-18(3)23(27)26-21-12-8-7-11-20(21)24(28)25-19-9-5-4-6-10-19/h7-8,11-15,18-19H,4-6,9-10H2,1-3H3,(H,25,28)(H,26,27)/t18-/m0/s1. The summed E-state index contributed by atoms with van der Waals surface area (Å²) in [6.45, 7) is 5.64. The second-order valence-electron chi connectivity index (χ2n) is 7.87. The molecular formula is C24H30N2O3. The molecular weight excluding hydrogens is 364 g/mol.